The van der Waals surface area contributed by atoms with Gasteiger partial charge in [-0.25, -0.2) is 0 Å². The predicted molar refractivity (Wildman–Crippen MR) is 129 cm³/mol. The second-order valence-corrected chi connectivity index (χ2v) is 8.68. The Morgan fingerprint density at radius 3 is 2.47 bits per heavy atom. The van der Waals surface area contributed by atoms with Crippen molar-refractivity contribution < 1.29 is 14.8 Å². The lowest BCUT2D eigenvalue weighted by atomic mass is 9.79. The molecular weight excluding hydrogens is 423 g/mol. The van der Waals surface area contributed by atoms with Crippen LogP contribution in [0.15, 0.2) is 66.7 Å². The van der Waals surface area contributed by atoms with Crippen LogP contribution < -0.4 is 11.2 Å². The molecule has 4 rings (SSSR count). The Labute approximate surface area is 193 Å². The van der Waals surface area contributed by atoms with Crippen molar-refractivity contribution in [2.75, 3.05) is 13.1 Å². The highest BCUT2D eigenvalue weighted by molar-refractivity contribution is 6.58. The van der Waals surface area contributed by atoms with Crippen LogP contribution >= 0.6 is 11.6 Å². The fraction of sp³-hybridized carbons (Fsp3) is 0.240. The minimum Gasteiger partial charge on any atom is -0.423 e. The first-order chi connectivity index (χ1) is 15.4. The SMILES string of the molecule is NCc1cccc(C2CCN(C(=O)c3cc(Cl)cc(-c4cccc(B(O)O)c4)c3)CC2)c1. The Bertz CT molecular complexity index is 1110. The first-order valence-corrected chi connectivity index (χ1v) is 11.2. The smallest absolute Gasteiger partial charge is 0.423 e. The van der Waals surface area contributed by atoms with Crippen molar-refractivity contribution in [2.24, 2.45) is 5.73 Å². The van der Waals surface area contributed by atoms with Gasteiger partial charge in [0.15, 0.2) is 0 Å². The molecule has 5 nitrogen and oxygen atoms in total. The number of nitrogens with two attached hydrogens (primary N) is 1. The van der Waals surface area contributed by atoms with Crippen molar-refractivity contribution in [3.63, 3.8) is 0 Å². The van der Waals surface area contributed by atoms with Crippen molar-refractivity contribution >= 4 is 30.1 Å². The molecule has 0 atom stereocenters. The molecule has 0 saturated carbocycles. The van der Waals surface area contributed by atoms with E-state index in [1.807, 2.05) is 29.2 Å². The van der Waals surface area contributed by atoms with Crippen LogP contribution in [0, 0.1) is 0 Å². The van der Waals surface area contributed by atoms with Gasteiger partial charge in [-0.15, -0.1) is 0 Å². The molecule has 0 unspecified atom stereocenters. The topological polar surface area (TPSA) is 86.8 Å². The zero-order valence-corrected chi connectivity index (χ0v) is 18.5. The maximum Gasteiger partial charge on any atom is 0.488 e. The zero-order valence-electron chi connectivity index (χ0n) is 17.7. The van der Waals surface area contributed by atoms with Gasteiger partial charge in [0.2, 0.25) is 0 Å². The third-order valence-electron chi connectivity index (χ3n) is 6.10. The van der Waals surface area contributed by atoms with Gasteiger partial charge in [0.05, 0.1) is 0 Å². The van der Waals surface area contributed by atoms with E-state index in [1.165, 1.54) is 5.56 Å². The van der Waals surface area contributed by atoms with Gasteiger partial charge in [-0.3, -0.25) is 4.79 Å². The summed E-state index contributed by atoms with van der Waals surface area (Å²) in [5.41, 5.74) is 10.6. The number of benzene rings is 3. The highest BCUT2D eigenvalue weighted by Gasteiger charge is 2.25. The number of nitrogens with zero attached hydrogens (tertiary/aromatic N) is 1. The third-order valence-corrected chi connectivity index (χ3v) is 6.32. The molecule has 4 N–H and O–H groups in total. The van der Waals surface area contributed by atoms with Crippen LogP contribution in [-0.2, 0) is 6.54 Å². The van der Waals surface area contributed by atoms with E-state index in [2.05, 4.69) is 12.1 Å². The Kier molecular flexibility index (Phi) is 6.96. The highest BCUT2D eigenvalue weighted by Crippen LogP contribution is 2.30. The van der Waals surface area contributed by atoms with Crippen molar-refractivity contribution in [1.82, 2.24) is 4.90 Å². The number of hydrogen-bond acceptors (Lipinski definition) is 4. The minimum atomic E-state index is -1.55. The largest absolute Gasteiger partial charge is 0.488 e. The van der Waals surface area contributed by atoms with E-state index in [4.69, 9.17) is 17.3 Å². The molecule has 1 amide bonds. The van der Waals surface area contributed by atoms with Crippen LogP contribution in [0.5, 0.6) is 0 Å². The van der Waals surface area contributed by atoms with Gasteiger partial charge in [0.1, 0.15) is 0 Å². The number of halogens is 1. The average molecular weight is 449 g/mol. The first kappa shape index (κ1) is 22.6. The van der Waals surface area contributed by atoms with Crippen LogP contribution in [0.3, 0.4) is 0 Å². The van der Waals surface area contributed by atoms with Gasteiger partial charge >= 0.3 is 7.12 Å². The minimum absolute atomic E-state index is 0.0405. The summed E-state index contributed by atoms with van der Waals surface area (Å²) >= 11 is 6.34. The van der Waals surface area contributed by atoms with Gasteiger partial charge in [0, 0.05) is 30.2 Å². The highest BCUT2D eigenvalue weighted by atomic mass is 35.5. The average Bonchev–Trinajstić information content (AvgIpc) is 2.83. The van der Waals surface area contributed by atoms with Gasteiger partial charge in [0.25, 0.3) is 5.91 Å². The molecule has 0 aromatic heterocycles. The van der Waals surface area contributed by atoms with Crippen LogP contribution in [0.4, 0.5) is 0 Å². The standard InChI is InChI=1S/C25H26BClN2O3/c27-24-14-21(20-5-2-6-23(13-20)26(31)32)12-22(15-24)25(30)29-9-7-18(8-10-29)19-4-1-3-17(11-19)16-28/h1-6,11-15,18,31-32H,7-10,16,28H2. The van der Waals surface area contributed by atoms with E-state index in [0.29, 0.717) is 41.6 Å². The van der Waals surface area contributed by atoms with Crippen LogP contribution in [0.25, 0.3) is 11.1 Å². The first-order valence-electron chi connectivity index (χ1n) is 10.8. The molecule has 1 fully saturated rings. The van der Waals surface area contributed by atoms with E-state index < -0.39 is 7.12 Å². The number of piperidine rings is 1. The van der Waals surface area contributed by atoms with E-state index >= 15 is 0 Å². The monoisotopic (exact) mass is 448 g/mol. The molecule has 3 aromatic rings. The lowest BCUT2D eigenvalue weighted by molar-refractivity contribution is 0.0713. The lowest BCUT2D eigenvalue weighted by Gasteiger charge is -2.32. The van der Waals surface area contributed by atoms with E-state index in [1.54, 1.807) is 30.3 Å². The van der Waals surface area contributed by atoms with Crippen LogP contribution in [-0.4, -0.2) is 41.1 Å². The molecule has 3 aromatic carbocycles. The molecule has 7 heteroatoms. The fourth-order valence-electron chi connectivity index (χ4n) is 4.33. The molecule has 0 bridgehead atoms. The zero-order chi connectivity index (χ0) is 22.7. The van der Waals surface area contributed by atoms with E-state index in [0.717, 1.165) is 29.5 Å². The summed E-state index contributed by atoms with van der Waals surface area (Å²) < 4.78 is 0. The number of amides is 1. The number of hydrogen-bond donors (Lipinski definition) is 3. The maximum atomic E-state index is 13.2. The van der Waals surface area contributed by atoms with Crippen molar-refractivity contribution in [1.29, 1.82) is 0 Å². The Hall–Kier alpha value is -2.64. The Morgan fingerprint density at radius 2 is 1.75 bits per heavy atom. The van der Waals surface area contributed by atoms with E-state index in [9.17, 15) is 14.8 Å². The Balaban J connectivity index is 1.50. The third kappa shape index (κ3) is 5.05. The molecule has 0 spiro atoms. The summed E-state index contributed by atoms with van der Waals surface area (Å²) in [7, 11) is -1.55. The molecule has 1 heterocycles. The van der Waals surface area contributed by atoms with Gasteiger partial charge in [-0.05, 0) is 64.7 Å². The fourth-order valence-corrected chi connectivity index (χ4v) is 4.57. The molecule has 0 aliphatic carbocycles. The summed E-state index contributed by atoms with van der Waals surface area (Å²) in [6.07, 6.45) is 1.81. The number of likely N-dealkylation sites (tertiary alicyclic amines) is 1. The number of carbonyl (C=O) groups excluding carboxylic acids is 1. The van der Waals surface area contributed by atoms with Crippen LogP contribution in [0.1, 0.15) is 40.2 Å². The molecule has 32 heavy (non-hydrogen) atoms. The van der Waals surface area contributed by atoms with Gasteiger partial charge in [-0.2, -0.15) is 0 Å². The summed E-state index contributed by atoms with van der Waals surface area (Å²) in [5, 5.41) is 19.4. The summed E-state index contributed by atoms with van der Waals surface area (Å²) in [5.74, 6) is 0.384. The molecule has 1 aliphatic heterocycles. The van der Waals surface area contributed by atoms with E-state index in [-0.39, 0.29) is 5.91 Å². The molecule has 1 aliphatic rings. The molecular formula is C25H26BClN2O3. The van der Waals surface area contributed by atoms with Crippen molar-refractivity contribution in [3.05, 3.63) is 88.4 Å². The summed E-state index contributed by atoms with van der Waals surface area (Å²) in [6, 6.07) is 20.6. The van der Waals surface area contributed by atoms with Gasteiger partial charge in [-0.1, -0.05) is 60.1 Å². The maximum absolute atomic E-state index is 13.2. The number of carbonyl (C=O) groups is 1. The second-order valence-electron chi connectivity index (χ2n) is 8.24. The lowest BCUT2D eigenvalue weighted by Crippen LogP contribution is -2.38. The summed E-state index contributed by atoms with van der Waals surface area (Å²) in [6.45, 7) is 1.90. The van der Waals surface area contributed by atoms with Gasteiger partial charge < -0.3 is 20.7 Å². The number of rotatable bonds is 5. The van der Waals surface area contributed by atoms with Crippen molar-refractivity contribution in [2.45, 2.75) is 25.3 Å². The molecule has 0 radical (unpaired) electrons. The molecule has 1 saturated heterocycles. The second kappa shape index (κ2) is 9.88. The molecule has 164 valence electrons. The van der Waals surface area contributed by atoms with Crippen molar-refractivity contribution in [3.8, 4) is 11.1 Å². The van der Waals surface area contributed by atoms with Crippen LogP contribution in [0.2, 0.25) is 5.02 Å². The normalized spacial score (nSPS) is 14.4. The Morgan fingerprint density at radius 1 is 1.00 bits per heavy atom. The quantitative estimate of drug-likeness (QED) is 0.523. The predicted octanol–water partition coefficient (Wildman–Crippen LogP) is 3.17. The summed E-state index contributed by atoms with van der Waals surface area (Å²) in [4.78, 5) is 15.1.